The van der Waals surface area contributed by atoms with Crippen LogP contribution in [0.4, 0.5) is 0 Å². The molecule has 568 valence electrons. The van der Waals surface area contributed by atoms with Crippen molar-refractivity contribution in [3.05, 3.63) is 85.1 Å². The maximum atomic E-state index is 13.5. The molecule has 3 heterocycles. The van der Waals surface area contributed by atoms with Gasteiger partial charge in [-0.05, 0) is 77.0 Å². The summed E-state index contributed by atoms with van der Waals surface area (Å²) in [5.41, 5.74) is 0. The lowest BCUT2D eigenvalue weighted by Gasteiger charge is -2.48. The highest BCUT2D eigenvalue weighted by Gasteiger charge is 2.53. The molecule has 0 aliphatic carbocycles. The van der Waals surface area contributed by atoms with Gasteiger partial charge in [-0.25, -0.2) is 0 Å². The maximum absolute atomic E-state index is 13.5. The van der Waals surface area contributed by atoms with Crippen LogP contribution in [0.5, 0.6) is 0 Å². The van der Waals surface area contributed by atoms with Gasteiger partial charge in [0.1, 0.15) is 73.2 Å². The van der Waals surface area contributed by atoms with Crippen LogP contribution in [0.15, 0.2) is 85.1 Å². The highest BCUT2D eigenvalue weighted by molar-refractivity contribution is 5.76. The summed E-state index contributed by atoms with van der Waals surface area (Å²) in [7, 11) is 0. The molecule has 0 aromatic heterocycles. The van der Waals surface area contributed by atoms with Gasteiger partial charge in [0.25, 0.3) is 0 Å². The fraction of sp³-hybridized carbons (Fsp3) is 0.810. The summed E-state index contributed by atoms with van der Waals surface area (Å²) in [5.74, 6) is -0.286. The van der Waals surface area contributed by atoms with Crippen molar-refractivity contribution in [3.63, 3.8) is 0 Å². The van der Waals surface area contributed by atoms with Gasteiger partial charge in [-0.2, -0.15) is 0 Å². The van der Waals surface area contributed by atoms with E-state index in [4.69, 9.17) is 28.4 Å². The van der Waals surface area contributed by atoms with Crippen molar-refractivity contribution in [2.45, 2.75) is 381 Å². The first-order chi connectivity index (χ1) is 47.8. The first-order valence-corrected chi connectivity index (χ1v) is 38.8. The third-order valence-corrected chi connectivity index (χ3v) is 18.9. The highest BCUT2D eigenvalue weighted by Crippen LogP contribution is 2.33. The Kier molecular flexibility index (Phi) is 54.0. The lowest BCUT2D eigenvalue weighted by Crippen LogP contribution is -2.66. The van der Waals surface area contributed by atoms with Crippen LogP contribution in [-0.2, 0) is 33.2 Å². The van der Waals surface area contributed by atoms with Crippen LogP contribution in [0, 0.1) is 0 Å². The number of carbonyl (C=O) groups excluding carboxylic acids is 1. The molecule has 0 aromatic rings. The Morgan fingerprint density at radius 2 is 0.714 bits per heavy atom. The molecule has 3 aliphatic heterocycles. The molecule has 0 bridgehead atoms. The number of hydrogen-bond donors (Lipinski definition) is 12. The van der Waals surface area contributed by atoms with Crippen molar-refractivity contribution in [1.82, 2.24) is 5.32 Å². The number of rotatable bonds is 60. The molecule has 0 radical (unpaired) electrons. The number of hydrogen-bond acceptors (Lipinski definition) is 18. The Balaban J connectivity index is 1.39. The Hall–Kier alpha value is -3.03. The third kappa shape index (κ3) is 39.6. The molecule has 17 atom stereocenters. The molecule has 1 amide bonds. The van der Waals surface area contributed by atoms with E-state index in [0.717, 1.165) is 70.6 Å². The van der Waals surface area contributed by atoms with E-state index in [-0.39, 0.29) is 18.9 Å². The van der Waals surface area contributed by atoms with Gasteiger partial charge in [0.05, 0.1) is 38.6 Å². The van der Waals surface area contributed by atoms with E-state index in [2.05, 4.69) is 92.1 Å². The van der Waals surface area contributed by atoms with Crippen molar-refractivity contribution in [3.8, 4) is 0 Å². The molecular weight excluding hydrogens is 1250 g/mol. The van der Waals surface area contributed by atoms with Crippen LogP contribution < -0.4 is 5.32 Å². The van der Waals surface area contributed by atoms with Crippen LogP contribution in [0.2, 0.25) is 0 Å². The van der Waals surface area contributed by atoms with E-state index in [1.54, 1.807) is 6.08 Å². The Morgan fingerprint density at radius 1 is 0.378 bits per heavy atom. The molecule has 3 aliphatic rings. The SMILES string of the molecule is CC/C=C\C/C=C\C/C=C\C/C=C\C/C=C\CCCCCCCCCCCCCCCCCC(=O)NC(COC1OC(CO)C(OC2OC(CO)C(OC3OC(CO)C(O)C(O)C3O)C(O)C2O)C(O)C1O)C(O)/C=C/CC/C=C/CCCCCCCCCCCCCCCCCC. The Labute approximate surface area is 590 Å². The van der Waals surface area contributed by atoms with Crippen molar-refractivity contribution in [1.29, 1.82) is 0 Å². The second-order valence-corrected chi connectivity index (χ2v) is 27.4. The molecule has 3 fully saturated rings. The zero-order valence-electron chi connectivity index (χ0n) is 60.5. The summed E-state index contributed by atoms with van der Waals surface area (Å²) in [4.78, 5) is 13.5. The summed E-state index contributed by atoms with van der Waals surface area (Å²) in [6.07, 6.45) is 51.3. The molecule has 3 saturated heterocycles. The first-order valence-electron chi connectivity index (χ1n) is 38.8. The van der Waals surface area contributed by atoms with Crippen LogP contribution in [0.3, 0.4) is 0 Å². The third-order valence-electron chi connectivity index (χ3n) is 18.9. The van der Waals surface area contributed by atoms with Gasteiger partial charge in [0.15, 0.2) is 18.9 Å². The normalized spacial score (nSPS) is 27.2. The largest absolute Gasteiger partial charge is 0.394 e. The van der Waals surface area contributed by atoms with Crippen molar-refractivity contribution < 1.29 is 89.4 Å². The standard InChI is InChI=1S/C79H139NO18/c1-3-5-7-9-11-13-15-17-19-21-23-25-27-28-29-30-31-32-33-34-35-37-39-41-43-45-47-49-51-53-55-57-67(85)80-62(63(84)56-54-52-50-48-46-44-42-40-38-36-26-24-22-20-18-16-14-12-10-8-6-4-2)61-93-77-73(91)70(88)75(65(59-82)95-77)98-79-74(92)71(89)76(66(60-83)96-79)97-78-72(90)69(87)68(86)64(58-81)94-78/h5,7,11,13,17,19,23,25,28-29,46,48,54,56,62-66,68-79,81-84,86-92H,3-4,6,8-10,12,14-16,18,20-22,24,26-27,30-45,47,49-53,55,57-61H2,1-2H3,(H,80,85)/b7-5-,13-11-,19-17-,25-23-,29-28-,48-46+,56-54+. The summed E-state index contributed by atoms with van der Waals surface area (Å²) in [6, 6.07) is -0.995. The number of nitrogens with one attached hydrogen (secondary N) is 1. The van der Waals surface area contributed by atoms with E-state index < -0.39 is 124 Å². The van der Waals surface area contributed by atoms with Crippen molar-refractivity contribution in [2.75, 3.05) is 26.4 Å². The predicted molar refractivity (Wildman–Crippen MR) is 388 cm³/mol. The predicted octanol–water partition coefficient (Wildman–Crippen LogP) is 12.2. The van der Waals surface area contributed by atoms with Crippen LogP contribution >= 0.6 is 0 Å². The lowest BCUT2D eigenvalue weighted by molar-refractivity contribution is -0.379. The number of carbonyl (C=O) groups is 1. The smallest absolute Gasteiger partial charge is 0.220 e. The Morgan fingerprint density at radius 3 is 1.14 bits per heavy atom. The second kappa shape index (κ2) is 59.4. The summed E-state index contributed by atoms with van der Waals surface area (Å²) in [5, 5.41) is 121. The molecule has 0 spiro atoms. The molecule has 12 N–H and O–H groups in total. The van der Waals surface area contributed by atoms with Crippen LogP contribution in [0.25, 0.3) is 0 Å². The molecule has 98 heavy (non-hydrogen) atoms. The molecule has 0 saturated carbocycles. The van der Waals surface area contributed by atoms with Crippen molar-refractivity contribution >= 4 is 5.91 Å². The van der Waals surface area contributed by atoms with E-state index in [9.17, 15) is 61.0 Å². The van der Waals surface area contributed by atoms with Crippen LogP contribution in [0.1, 0.15) is 277 Å². The molecule has 17 unspecified atom stereocenters. The zero-order chi connectivity index (χ0) is 71.1. The minimum absolute atomic E-state index is 0.232. The quantitative estimate of drug-likeness (QED) is 0.0199. The molecular formula is C79H139NO18. The molecule has 0 aromatic carbocycles. The number of allylic oxidation sites excluding steroid dienone is 13. The van der Waals surface area contributed by atoms with Gasteiger partial charge in [0.2, 0.25) is 5.91 Å². The summed E-state index contributed by atoms with van der Waals surface area (Å²) in [6.45, 7) is 1.62. The first kappa shape index (κ1) is 89.2. The minimum atomic E-state index is -1.98. The molecule has 3 rings (SSSR count). The van der Waals surface area contributed by atoms with E-state index in [1.165, 1.54) is 173 Å². The lowest BCUT2D eigenvalue weighted by atomic mass is 9.96. The topological polar surface area (TPSA) is 307 Å². The minimum Gasteiger partial charge on any atom is -0.394 e. The van der Waals surface area contributed by atoms with Gasteiger partial charge in [0, 0.05) is 6.42 Å². The van der Waals surface area contributed by atoms with E-state index in [0.29, 0.717) is 12.8 Å². The summed E-state index contributed by atoms with van der Waals surface area (Å²) >= 11 is 0. The van der Waals surface area contributed by atoms with Crippen LogP contribution in [-0.4, -0.2) is 193 Å². The fourth-order valence-electron chi connectivity index (χ4n) is 12.7. The number of aliphatic hydroxyl groups excluding tert-OH is 11. The van der Waals surface area contributed by atoms with Gasteiger partial charge in [-0.3, -0.25) is 4.79 Å². The molecule has 19 heteroatoms. The van der Waals surface area contributed by atoms with Gasteiger partial charge in [-0.1, -0.05) is 279 Å². The van der Waals surface area contributed by atoms with Crippen molar-refractivity contribution in [2.24, 2.45) is 0 Å². The van der Waals surface area contributed by atoms with E-state index in [1.807, 2.05) is 6.08 Å². The average Bonchev–Trinajstić information content (AvgIpc) is 0.785. The Bertz CT molecular complexity index is 2100. The number of ether oxygens (including phenoxy) is 6. The maximum Gasteiger partial charge on any atom is 0.220 e. The zero-order valence-corrected chi connectivity index (χ0v) is 60.5. The number of aliphatic hydroxyl groups is 11. The second-order valence-electron chi connectivity index (χ2n) is 27.4. The van der Waals surface area contributed by atoms with Gasteiger partial charge >= 0.3 is 0 Å². The highest BCUT2D eigenvalue weighted by atomic mass is 16.8. The number of amides is 1. The average molecular weight is 1390 g/mol. The summed E-state index contributed by atoms with van der Waals surface area (Å²) < 4.78 is 34.4. The molecule has 19 nitrogen and oxygen atoms in total. The van der Waals surface area contributed by atoms with Gasteiger partial charge < -0.3 is 89.9 Å². The number of unbranched alkanes of at least 4 members (excludes halogenated alkanes) is 32. The monoisotopic (exact) mass is 1390 g/mol. The van der Waals surface area contributed by atoms with Gasteiger partial charge in [-0.15, -0.1) is 0 Å². The fourth-order valence-corrected chi connectivity index (χ4v) is 12.7. The van der Waals surface area contributed by atoms with E-state index >= 15 is 0 Å².